The lowest BCUT2D eigenvalue weighted by Gasteiger charge is -2.06. The van der Waals surface area contributed by atoms with E-state index in [1.165, 1.54) is 6.21 Å². The Hall–Kier alpha value is -2.74. The van der Waals surface area contributed by atoms with Gasteiger partial charge in [-0.3, -0.25) is 4.79 Å². The first-order chi connectivity index (χ1) is 12.2. The lowest BCUT2D eigenvalue weighted by molar-refractivity contribution is -0.123. The van der Waals surface area contributed by atoms with Crippen molar-refractivity contribution in [2.45, 2.75) is 0 Å². The monoisotopic (exact) mass is 406 g/mol. The maximum atomic E-state index is 11.8. The molecule has 3 rings (SSSR count). The zero-order valence-corrected chi connectivity index (χ0v) is 14.9. The molecule has 1 aliphatic rings. The lowest BCUT2D eigenvalue weighted by atomic mass is 10.2. The molecule has 1 amide bonds. The summed E-state index contributed by atoms with van der Waals surface area (Å²) in [7, 11) is 1.58. The van der Waals surface area contributed by atoms with Crippen molar-refractivity contribution < 1.29 is 23.7 Å². The SMILES string of the molecule is COc1ccc(OCC(=O)NN=Cc2cc3c(cc2Br)OCO3)cc1. The van der Waals surface area contributed by atoms with Crippen molar-refractivity contribution in [3.63, 3.8) is 0 Å². The van der Waals surface area contributed by atoms with E-state index in [9.17, 15) is 4.79 Å². The molecule has 0 spiro atoms. The molecule has 0 bridgehead atoms. The zero-order valence-electron chi connectivity index (χ0n) is 13.3. The van der Waals surface area contributed by atoms with Crippen LogP contribution in [0.1, 0.15) is 5.56 Å². The second-order valence-electron chi connectivity index (χ2n) is 4.98. The number of nitrogens with one attached hydrogen (secondary N) is 1. The van der Waals surface area contributed by atoms with Crippen LogP contribution < -0.4 is 24.4 Å². The highest BCUT2D eigenvalue weighted by Crippen LogP contribution is 2.36. The van der Waals surface area contributed by atoms with Crippen molar-refractivity contribution in [1.29, 1.82) is 0 Å². The zero-order chi connectivity index (χ0) is 17.6. The number of ether oxygens (including phenoxy) is 4. The van der Waals surface area contributed by atoms with Gasteiger partial charge in [0, 0.05) is 10.0 Å². The van der Waals surface area contributed by atoms with Crippen molar-refractivity contribution >= 4 is 28.1 Å². The van der Waals surface area contributed by atoms with Gasteiger partial charge in [0.25, 0.3) is 5.91 Å². The molecule has 7 nitrogen and oxygen atoms in total. The molecule has 1 heterocycles. The van der Waals surface area contributed by atoms with Crippen molar-refractivity contribution in [2.75, 3.05) is 20.5 Å². The highest BCUT2D eigenvalue weighted by molar-refractivity contribution is 9.10. The summed E-state index contributed by atoms with van der Waals surface area (Å²) in [5.41, 5.74) is 3.16. The number of benzene rings is 2. The summed E-state index contributed by atoms with van der Waals surface area (Å²) in [6.07, 6.45) is 1.51. The minimum Gasteiger partial charge on any atom is -0.497 e. The number of fused-ring (bicyclic) bond motifs is 1. The topological polar surface area (TPSA) is 78.4 Å². The molecular weight excluding hydrogens is 392 g/mol. The van der Waals surface area contributed by atoms with E-state index in [2.05, 4.69) is 26.5 Å². The van der Waals surface area contributed by atoms with Gasteiger partial charge in [-0.1, -0.05) is 0 Å². The number of hydrogen-bond acceptors (Lipinski definition) is 6. The summed E-state index contributed by atoms with van der Waals surface area (Å²) in [5, 5.41) is 3.92. The van der Waals surface area contributed by atoms with E-state index in [1.807, 2.05) is 0 Å². The number of hydrazone groups is 1. The van der Waals surface area contributed by atoms with Crippen molar-refractivity contribution in [1.82, 2.24) is 5.43 Å². The number of amides is 1. The van der Waals surface area contributed by atoms with Gasteiger partial charge in [0.15, 0.2) is 18.1 Å². The van der Waals surface area contributed by atoms with Gasteiger partial charge in [0.05, 0.1) is 13.3 Å². The molecule has 1 aliphatic heterocycles. The number of halogens is 1. The summed E-state index contributed by atoms with van der Waals surface area (Å²) in [6, 6.07) is 10.5. The Morgan fingerprint density at radius 3 is 2.64 bits per heavy atom. The van der Waals surface area contributed by atoms with Gasteiger partial charge in [-0.05, 0) is 52.3 Å². The van der Waals surface area contributed by atoms with Crippen LogP contribution in [0.4, 0.5) is 0 Å². The maximum Gasteiger partial charge on any atom is 0.277 e. The van der Waals surface area contributed by atoms with Gasteiger partial charge in [-0.2, -0.15) is 5.10 Å². The Morgan fingerprint density at radius 1 is 1.24 bits per heavy atom. The standard InChI is InChI=1S/C17H15BrN2O5/c1-22-12-2-4-13(5-3-12)23-9-17(21)20-19-8-11-6-15-16(7-14(11)18)25-10-24-15/h2-8H,9-10H2,1H3,(H,20,21). The van der Waals surface area contributed by atoms with Crippen LogP contribution in [0.2, 0.25) is 0 Å². The first-order valence-electron chi connectivity index (χ1n) is 7.33. The number of rotatable bonds is 6. The van der Waals surface area contributed by atoms with Crippen LogP contribution in [0.5, 0.6) is 23.0 Å². The van der Waals surface area contributed by atoms with Crippen molar-refractivity contribution in [3.05, 3.63) is 46.4 Å². The Balaban J connectivity index is 1.51. The van der Waals surface area contributed by atoms with Crippen LogP contribution in [-0.4, -0.2) is 32.6 Å². The summed E-state index contributed by atoms with van der Waals surface area (Å²) in [5.74, 6) is 2.22. The quantitative estimate of drug-likeness (QED) is 0.589. The second kappa shape index (κ2) is 7.89. The first-order valence-corrected chi connectivity index (χ1v) is 8.13. The summed E-state index contributed by atoms with van der Waals surface area (Å²) in [4.78, 5) is 11.8. The molecule has 0 fully saturated rings. The van der Waals surface area contributed by atoms with E-state index in [-0.39, 0.29) is 19.3 Å². The third-order valence-corrected chi connectivity index (χ3v) is 4.00. The lowest BCUT2D eigenvalue weighted by Crippen LogP contribution is -2.24. The molecule has 0 saturated heterocycles. The van der Waals surface area contributed by atoms with Crippen molar-refractivity contribution in [3.8, 4) is 23.0 Å². The number of hydrogen-bond donors (Lipinski definition) is 1. The molecule has 25 heavy (non-hydrogen) atoms. The number of carbonyl (C=O) groups excluding carboxylic acids is 1. The van der Waals surface area contributed by atoms with Crippen LogP contribution >= 0.6 is 15.9 Å². The van der Waals surface area contributed by atoms with Crippen LogP contribution in [0.15, 0.2) is 46.0 Å². The molecule has 0 unspecified atom stereocenters. The Kier molecular flexibility index (Phi) is 5.39. The van der Waals surface area contributed by atoms with E-state index in [0.29, 0.717) is 17.2 Å². The molecule has 0 atom stereocenters. The van der Waals surface area contributed by atoms with Gasteiger partial charge in [0.1, 0.15) is 11.5 Å². The third kappa shape index (κ3) is 4.42. The fraction of sp³-hybridized carbons (Fsp3) is 0.176. The average molecular weight is 407 g/mol. The minimum atomic E-state index is -0.371. The number of nitrogens with zero attached hydrogens (tertiary/aromatic N) is 1. The Labute approximate surface area is 152 Å². The van der Waals surface area contributed by atoms with Gasteiger partial charge >= 0.3 is 0 Å². The molecule has 0 radical (unpaired) electrons. The molecule has 0 aromatic heterocycles. The Morgan fingerprint density at radius 2 is 1.92 bits per heavy atom. The smallest absolute Gasteiger partial charge is 0.277 e. The minimum absolute atomic E-state index is 0.147. The first kappa shape index (κ1) is 17.1. The number of carbonyl (C=O) groups is 1. The van der Waals surface area contributed by atoms with E-state index in [1.54, 1.807) is 43.5 Å². The van der Waals surface area contributed by atoms with Crippen LogP contribution in [0.25, 0.3) is 0 Å². The third-order valence-electron chi connectivity index (χ3n) is 3.31. The predicted octanol–water partition coefficient (Wildman–Crippen LogP) is 2.72. The number of methoxy groups -OCH3 is 1. The van der Waals surface area contributed by atoms with Crippen LogP contribution in [-0.2, 0) is 4.79 Å². The molecule has 1 N–H and O–H groups in total. The van der Waals surface area contributed by atoms with Gasteiger partial charge in [0.2, 0.25) is 6.79 Å². The average Bonchev–Trinajstić information content (AvgIpc) is 3.07. The molecule has 2 aromatic rings. The van der Waals surface area contributed by atoms with Gasteiger partial charge < -0.3 is 18.9 Å². The maximum absolute atomic E-state index is 11.8. The fourth-order valence-corrected chi connectivity index (χ4v) is 2.48. The molecule has 0 saturated carbocycles. The normalized spacial score (nSPS) is 12.2. The van der Waals surface area contributed by atoms with E-state index >= 15 is 0 Å². The molecular formula is C17H15BrN2O5. The molecule has 130 valence electrons. The van der Waals surface area contributed by atoms with Gasteiger partial charge in [-0.15, -0.1) is 0 Å². The summed E-state index contributed by atoms with van der Waals surface area (Å²) < 4.78 is 21.8. The summed E-state index contributed by atoms with van der Waals surface area (Å²) >= 11 is 3.42. The molecule has 2 aromatic carbocycles. The van der Waals surface area contributed by atoms with Crippen LogP contribution in [0.3, 0.4) is 0 Å². The highest BCUT2D eigenvalue weighted by Gasteiger charge is 2.15. The van der Waals surface area contributed by atoms with Gasteiger partial charge in [-0.25, -0.2) is 5.43 Å². The predicted molar refractivity (Wildman–Crippen MR) is 94.5 cm³/mol. The Bertz CT molecular complexity index is 792. The van der Waals surface area contributed by atoms with Crippen LogP contribution in [0, 0.1) is 0 Å². The molecule has 8 heteroatoms. The van der Waals surface area contributed by atoms with E-state index < -0.39 is 0 Å². The fourth-order valence-electron chi connectivity index (χ4n) is 2.06. The molecule has 0 aliphatic carbocycles. The second-order valence-corrected chi connectivity index (χ2v) is 5.84. The van der Waals surface area contributed by atoms with E-state index in [4.69, 9.17) is 18.9 Å². The summed E-state index contributed by atoms with van der Waals surface area (Å²) in [6.45, 7) is 0.0494. The highest BCUT2D eigenvalue weighted by atomic mass is 79.9. The van der Waals surface area contributed by atoms with Crippen molar-refractivity contribution in [2.24, 2.45) is 5.10 Å². The largest absolute Gasteiger partial charge is 0.497 e. The van der Waals surface area contributed by atoms with E-state index in [0.717, 1.165) is 15.8 Å².